The van der Waals surface area contributed by atoms with E-state index in [1.54, 1.807) is 11.3 Å². The Labute approximate surface area is 87.7 Å². The molecule has 0 atom stereocenters. The lowest BCUT2D eigenvalue weighted by atomic mass is 10.3. The molecule has 0 spiro atoms. The van der Waals surface area contributed by atoms with Crippen molar-refractivity contribution in [3.63, 3.8) is 0 Å². The fraction of sp³-hybridized carbons (Fsp3) is 0.182. The Kier molecular flexibility index (Phi) is 2.25. The van der Waals surface area contributed by atoms with Gasteiger partial charge in [0, 0.05) is 0 Å². The number of benzene rings is 1. The Bertz CT molecular complexity index is 471. The van der Waals surface area contributed by atoms with Gasteiger partial charge in [0.2, 0.25) is 0 Å². The van der Waals surface area contributed by atoms with E-state index in [0.29, 0.717) is 0 Å². The van der Waals surface area contributed by atoms with E-state index in [-0.39, 0.29) is 0 Å². The van der Waals surface area contributed by atoms with Crippen molar-refractivity contribution in [2.75, 3.05) is 19.0 Å². The van der Waals surface area contributed by atoms with Crippen molar-refractivity contribution in [2.24, 2.45) is 0 Å². The second-order valence-electron chi connectivity index (χ2n) is 3.30. The maximum atomic E-state index is 3.84. The van der Waals surface area contributed by atoms with Crippen LogP contribution in [0, 0.1) is 0 Å². The number of aromatic nitrogens is 1. The largest absolute Gasteiger partial charge is 0.341 e. The highest BCUT2D eigenvalue weighted by Gasteiger charge is 2.17. The topological polar surface area (TPSA) is 7.12 Å². The van der Waals surface area contributed by atoms with E-state index in [1.807, 2.05) is 20.3 Å². The summed E-state index contributed by atoms with van der Waals surface area (Å²) in [5.74, 6) is 0. The van der Waals surface area contributed by atoms with Crippen LogP contribution in [0.25, 0.3) is 16.4 Å². The highest BCUT2D eigenvalue weighted by Crippen LogP contribution is 2.25. The van der Waals surface area contributed by atoms with Gasteiger partial charge in [-0.05, 0) is 23.5 Å². The monoisotopic (exact) mass is 205 g/mol. The molecule has 2 nitrogen and oxygen atoms in total. The van der Waals surface area contributed by atoms with Crippen LogP contribution in [0.5, 0.6) is 0 Å². The summed E-state index contributed by atoms with van der Waals surface area (Å²) in [6.45, 7) is 3.84. The minimum Gasteiger partial charge on any atom is -0.257 e. The minimum atomic E-state index is 1.20. The molecule has 0 saturated heterocycles. The number of anilines is 1. The number of hydrogen-bond acceptors (Lipinski definition) is 2. The van der Waals surface area contributed by atoms with Crippen molar-refractivity contribution >= 4 is 32.9 Å². The van der Waals surface area contributed by atoms with Crippen LogP contribution in [-0.2, 0) is 0 Å². The van der Waals surface area contributed by atoms with E-state index in [4.69, 9.17) is 0 Å². The van der Waals surface area contributed by atoms with Gasteiger partial charge in [0.15, 0.2) is 5.52 Å². The van der Waals surface area contributed by atoms with E-state index in [9.17, 15) is 0 Å². The molecule has 1 heterocycles. The number of fused-ring (bicyclic) bond motifs is 1. The fourth-order valence-electron chi connectivity index (χ4n) is 1.48. The molecule has 14 heavy (non-hydrogen) atoms. The van der Waals surface area contributed by atoms with Gasteiger partial charge < -0.3 is 0 Å². The molecule has 1 aromatic heterocycles. The van der Waals surface area contributed by atoms with Gasteiger partial charge in [-0.25, -0.2) is 0 Å². The zero-order valence-corrected chi connectivity index (χ0v) is 9.21. The molecule has 0 aliphatic rings. The summed E-state index contributed by atoms with van der Waals surface area (Å²) in [6, 6.07) is 8.35. The van der Waals surface area contributed by atoms with Crippen molar-refractivity contribution in [3.8, 4) is 0 Å². The lowest BCUT2D eigenvalue weighted by molar-refractivity contribution is -0.520. The second kappa shape index (κ2) is 3.42. The number of hydrogen-bond donors (Lipinski definition) is 0. The molecule has 0 aliphatic heterocycles. The van der Waals surface area contributed by atoms with Gasteiger partial charge in [0.1, 0.15) is 0 Å². The highest BCUT2D eigenvalue weighted by molar-refractivity contribution is 7.21. The normalized spacial score (nSPS) is 10.4. The molecule has 0 saturated carbocycles. The van der Waals surface area contributed by atoms with Gasteiger partial charge in [-0.1, -0.05) is 18.7 Å². The maximum Gasteiger partial charge on any atom is 0.341 e. The Morgan fingerprint density at radius 2 is 2.07 bits per heavy atom. The quantitative estimate of drug-likeness (QED) is 0.683. The van der Waals surface area contributed by atoms with E-state index in [2.05, 4.69) is 40.3 Å². The third-order valence-electron chi connectivity index (χ3n) is 2.10. The summed E-state index contributed by atoms with van der Waals surface area (Å²) in [4.78, 5) is 2.10. The van der Waals surface area contributed by atoms with Crippen LogP contribution >= 0.6 is 11.3 Å². The van der Waals surface area contributed by atoms with Gasteiger partial charge in [-0.15, -0.1) is 0 Å². The zero-order chi connectivity index (χ0) is 10.1. The van der Waals surface area contributed by atoms with Crippen molar-refractivity contribution in [1.82, 2.24) is 0 Å². The SMILES string of the molecule is C=C[n+]1c(N(C)C)sc2ccccc21. The summed E-state index contributed by atoms with van der Waals surface area (Å²) in [5, 5.41) is 1.20. The molecule has 0 radical (unpaired) electrons. The lowest BCUT2D eigenvalue weighted by Crippen LogP contribution is -2.31. The summed E-state index contributed by atoms with van der Waals surface area (Å²) in [6.07, 6.45) is 1.86. The van der Waals surface area contributed by atoms with Gasteiger partial charge in [0.05, 0.1) is 25.0 Å². The van der Waals surface area contributed by atoms with Crippen LogP contribution in [0.1, 0.15) is 0 Å². The van der Waals surface area contributed by atoms with E-state index < -0.39 is 0 Å². The summed E-state index contributed by atoms with van der Waals surface area (Å²) >= 11 is 1.77. The molecule has 0 fully saturated rings. The van der Waals surface area contributed by atoms with Crippen LogP contribution in [0.2, 0.25) is 0 Å². The first-order chi connectivity index (χ1) is 6.74. The van der Waals surface area contributed by atoms with E-state index in [0.717, 1.165) is 0 Å². The molecule has 0 N–H and O–H groups in total. The highest BCUT2D eigenvalue weighted by atomic mass is 32.1. The number of para-hydroxylation sites is 1. The molecular formula is C11H13N2S+. The Hall–Kier alpha value is -1.35. The van der Waals surface area contributed by atoms with Crippen LogP contribution in [0.15, 0.2) is 30.8 Å². The number of nitrogens with zero attached hydrogens (tertiary/aromatic N) is 2. The molecule has 0 unspecified atom stereocenters. The van der Waals surface area contributed by atoms with Crippen molar-refractivity contribution in [2.45, 2.75) is 0 Å². The molecule has 0 bridgehead atoms. The molecule has 0 aliphatic carbocycles. The van der Waals surface area contributed by atoms with Gasteiger partial charge in [0.25, 0.3) is 0 Å². The minimum absolute atomic E-state index is 1.20. The molecular weight excluding hydrogens is 192 g/mol. The predicted molar refractivity (Wildman–Crippen MR) is 62.7 cm³/mol. The van der Waals surface area contributed by atoms with Crippen LogP contribution < -0.4 is 9.47 Å². The first-order valence-corrected chi connectivity index (χ1v) is 5.28. The van der Waals surface area contributed by atoms with Gasteiger partial charge in [-0.2, -0.15) is 4.57 Å². The first-order valence-electron chi connectivity index (χ1n) is 4.47. The smallest absolute Gasteiger partial charge is 0.257 e. The predicted octanol–water partition coefficient (Wildman–Crippen LogP) is 2.36. The Balaban J connectivity index is 2.78. The molecule has 0 amide bonds. The number of rotatable bonds is 2. The summed E-state index contributed by atoms with van der Waals surface area (Å²) in [5.41, 5.74) is 1.22. The molecule has 3 heteroatoms. The molecule has 2 rings (SSSR count). The zero-order valence-electron chi connectivity index (χ0n) is 8.40. The molecule has 1 aromatic carbocycles. The van der Waals surface area contributed by atoms with Gasteiger partial charge in [-0.3, -0.25) is 4.90 Å². The second-order valence-corrected chi connectivity index (χ2v) is 4.31. The van der Waals surface area contributed by atoms with E-state index >= 15 is 0 Å². The number of thiazole rings is 1. The molecule has 72 valence electrons. The van der Waals surface area contributed by atoms with Crippen molar-refractivity contribution in [1.29, 1.82) is 0 Å². The first kappa shape index (κ1) is 9.21. The third-order valence-corrected chi connectivity index (χ3v) is 3.41. The Morgan fingerprint density at radius 3 is 2.71 bits per heavy atom. The average molecular weight is 205 g/mol. The maximum absolute atomic E-state index is 3.84. The van der Waals surface area contributed by atoms with Crippen LogP contribution in [-0.4, -0.2) is 14.1 Å². The van der Waals surface area contributed by atoms with Gasteiger partial charge >= 0.3 is 5.13 Å². The Morgan fingerprint density at radius 1 is 1.36 bits per heavy atom. The molecule has 2 aromatic rings. The van der Waals surface area contributed by atoms with E-state index in [1.165, 1.54) is 15.3 Å². The summed E-state index contributed by atoms with van der Waals surface area (Å²) < 4.78 is 3.40. The third kappa shape index (κ3) is 1.30. The van der Waals surface area contributed by atoms with Crippen LogP contribution in [0.4, 0.5) is 5.13 Å². The fourth-order valence-corrected chi connectivity index (χ4v) is 2.54. The average Bonchev–Trinajstić information content (AvgIpc) is 2.56. The summed E-state index contributed by atoms with van der Waals surface area (Å²) in [7, 11) is 4.09. The van der Waals surface area contributed by atoms with Crippen molar-refractivity contribution in [3.05, 3.63) is 30.8 Å². The van der Waals surface area contributed by atoms with Crippen LogP contribution in [0.3, 0.4) is 0 Å². The lowest BCUT2D eigenvalue weighted by Gasteiger charge is -2.01. The van der Waals surface area contributed by atoms with Crippen molar-refractivity contribution < 1.29 is 4.57 Å². The standard InChI is InChI=1S/C11H13N2S/c1-4-13-9-7-5-6-8-10(9)14-11(13)12(2)3/h4-8H,1H2,2-3H3/q+1.